The Morgan fingerprint density at radius 1 is 1.13 bits per heavy atom. The number of ether oxygens (including phenoxy) is 2. The van der Waals surface area contributed by atoms with Gasteiger partial charge in [-0.1, -0.05) is 0 Å². The molecule has 1 aromatic heterocycles. The largest absolute Gasteiger partial charge is 0.497 e. The van der Waals surface area contributed by atoms with Crippen molar-refractivity contribution in [3.63, 3.8) is 0 Å². The zero-order valence-electron chi connectivity index (χ0n) is 13.4. The highest BCUT2D eigenvalue weighted by Crippen LogP contribution is 2.38. The van der Waals surface area contributed by atoms with E-state index in [2.05, 4.69) is 0 Å². The summed E-state index contributed by atoms with van der Waals surface area (Å²) in [4.78, 5) is 25.4. The maximum atomic E-state index is 12.2. The van der Waals surface area contributed by atoms with Gasteiger partial charge in [-0.15, -0.1) is 11.3 Å². The van der Waals surface area contributed by atoms with E-state index < -0.39 is 5.91 Å². The molecule has 0 atom stereocenters. The maximum Gasteiger partial charge on any atom is 0.251 e. The summed E-state index contributed by atoms with van der Waals surface area (Å²) >= 11 is 1.29. The van der Waals surface area contributed by atoms with Crippen LogP contribution in [-0.4, -0.2) is 26.0 Å². The lowest BCUT2D eigenvalue weighted by atomic mass is 10.1. The lowest BCUT2D eigenvalue weighted by molar-refractivity contribution is -0.115. The Bertz CT molecular complexity index is 732. The number of primary amides is 1. The van der Waals surface area contributed by atoms with Crippen molar-refractivity contribution in [3.8, 4) is 11.5 Å². The van der Waals surface area contributed by atoms with Gasteiger partial charge in [-0.2, -0.15) is 0 Å². The number of rotatable bonds is 5. The molecule has 0 spiro atoms. The number of hydrogen-bond donors (Lipinski definition) is 1. The summed E-state index contributed by atoms with van der Waals surface area (Å²) in [6, 6.07) is 5.10. The minimum atomic E-state index is -0.570. The van der Waals surface area contributed by atoms with Crippen LogP contribution in [0.5, 0.6) is 11.5 Å². The molecule has 0 aliphatic rings. The third-order valence-electron chi connectivity index (χ3n) is 3.31. The molecular weight excluding hydrogens is 316 g/mol. The Balaban J connectivity index is 2.65. The van der Waals surface area contributed by atoms with Crippen LogP contribution in [-0.2, 0) is 4.79 Å². The number of methoxy groups -OCH3 is 2. The minimum Gasteiger partial charge on any atom is -0.497 e. The number of carbonyl (C=O) groups excluding carboxylic acids is 2. The standard InChI is InChI=1S/C16H18N2O4S/c1-9-8-23-16(14(9)15(17)20)18(10(2)19)11-5-12(21-3)7-13(6-11)22-4/h5-8H,1-4H3,(H2,17,20). The number of nitrogens with two attached hydrogens (primary N) is 1. The lowest BCUT2D eigenvalue weighted by Crippen LogP contribution is -2.25. The molecule has 0 fully saturated rings. The fourth-order valence-electron chi connectivity index (χ4n) is 2.26. The second-order valence-electron chi connectivity index (χ2n) is 4.89. The average molecular weight is 334 g/mol. The fraction of sp³-hybridized carbons (Fsp3) is 0.250. The number of aryl methyl sites for hydroxylation is 1. The van der Waals surface area contributed by atoms with Crippen molar-refractivity contribution >= 4 is 33.8 Å². The van der Waals surface area contributed by atoms with E-state index in [4.69, 9.17) is 15.2 Å². The van der Waals surface area contributed by atoms with Crippen LogP contribution in [0, 0.1) is 6.92 Å². The second-order valence-corrected chi connectivity index (χ2v) is 5.75. The van der Waals surface area contributed by atoms with E-state index >= 15 is 0 Å². The molecule has 2 aromatic rings. The van der Waals surface area contributed by atoms with Gasteiger partial charge in [-0.25, -0.2) is 0 Å². The van der Waals surface area contributed by atoms with Crippen molar-refractivity contribution < 1.29 is 19.1 Å². The molecule has 2 N–H and O–H groups in total. The molecule has 6 nitrogen and oxygen atoms in total. The monoisotopic (exact) mass is 334 g/mol. The van der Waals surface area contributed by atoms with Gasteiger partial charge in [0.05, 0.1) is 25.5 Å². The van der Waals surface area contributed by atoms with E-state index in [0.717, 1.165) is 5.56 Å². The highest BCUT2D eigenvalue weighted by atomic mass is 32.1. The Hall–Kier alpha value is -2.54. The summed E-state index contributed by atoms with van der Waals surface area (Å²) in [7, 11) is 3.06. The summed E-state index contributed by atoms with van der Waals surface area (Å²) in [5.74, 6) is 0.267. The molecule has 1 heterocycles. The van der Waals surface area contributed by atoms with Crippen LogP contribution in [0.3, 0.4) is 0 Å². The van der Waals surface area contributed by atoms with E-state index in [1.54, 1.807) is 30.5 Å². The van der Waals surface area contributed by atoms with Crippen molar-refractivity contribution in [1.82, 2.24) is 0 Å². The van der Waals surface area contributed by atoms with Gasteiger partial charge >= 0.3 is 0 Å². The molecule has 7 heteroatoms. The lowest BCUT2D eigenvalue weighted by Gasteiger charge is -2.22. The van der Waals surface area contributed by atoms with Crippen LogP contribution in [0.4, 0.5) is 10.7 Å². The Labute approximate surface area is 138 Å². The number of hydrogen-bond acceptors (Lipinski definition) is 5. The molecule has 2 rings (SSSR count). The summed E-state index contributed by atoms with van der Waals surface area (Å²) in [5.41, 5.74) is 7.08. The normalized spacial score (nSPS) is 10.3. The molecule has 0 aliphatic heterocycles. The molecule has 0 aliphatic carbocycles. The van der Waals surface area contributed by atoms with Crippen LogP contribution in [0.25, 0.3) is 0 Å². The Morgan fingerprint density at radius 3 is 2.13 bits per heavy atom. The molecule has 0 bridgehead atoms. The first-order chi connectivity index (χ1) is 10.9. The second kappa shape index (κ2) is 6.70. The van der Waals surface area contributed by atoms with Crippen molar-refractivity contribution in [2.24, 2.45) is 5.73 Å². The summed E-state index contributed by atoms with van der Waals surface area (Å²) < 4.78 is 10.5. The van der Waals surface area contributed by atoms with Crippen molar-refractivity contribution in [2.75, 3.05) is 19.1 Å². The van der Waals surface area contributed by atoms with Gasteiger partial charge in [0.25, 0.3) is 5.91 Å². The van der Waals surface area contributed by atoms with Crippen LogP contribution in [0.2, 0.25) is 0 Å². The molecule has 0 unspecified atom stereocenters. The highest BCUT2D eigenvalue weighted by Gasteiger charge is 2.24. The molecule has 2 amide bonds. The molecule has 0 saturated carbocycles. The number of benzene rings is 1. The number of carbonyl (C=O) groups is 2. The maximum absolute atomic E-state index is 12.2. The van der Waals surface area contributed by atoms with Gasteiger partial charge < -0.3 is 15.2 Å². The zero-order chi connectivity index (χ0) is 17.1. The highest BCUT2D eigenvalue weighted by molar-refractivity contribution is 7.15. The molecule has 1 aromatic carbocycles. The van der Waals surface area contributed by atoms with Gasteiger partial charge in [-0.05, 0) is 17.9 Å². The number of nitrogens with zero attached hydrogens (tertiary/aromatic N) is 1. The fourth-order valence-corrected chi connectivity index (χ4v) is 3.38. The predicted molar refractivity (Wildman–Crippen MR) is 89.9 cm³/mol. The first-order valence-corrected chi connectivity index (χ1v) is 7.68. The number of thiophene rings is 1. The number of anilines is 2. The zero-order valence-corrected chi connectivity index (χ0v) is 14.2. The molecule has 23 heavy (non-hydrogen) atoms. The van der Waals surface area contributed by atoms with Crippen molar-refractivity contribution in [1.29, 1.82) is 0 Å². The summed E-state index contributed by atoms with van der Waals surface area (Å²) in [6.45, 7) is 3.20. The molecular formula is C16H18N2O4S. The first kappa shape index (κ1) is 16.8. The SMILES string of the molecule is COc1cc(OC)cc(N(C(C)=O)c2scc(C)c2C(N)=O)c1. The Morgan fingerprint density at radius 2 is 1.70 bits per heavy atom. The van der Waals surface area contributed by atoms with Crippen LogP contribution in [0.1, 0.15) is 22.8 Å². The third kappa shape index (κ3) is 3.29. The summed E-state index contributed by atoms with van der Waals surface area (Å²) in [5, 5.41) is 2.28. The molecule has 0 radical (unpaired) electrons. The van der Waals surface area contributed by atoms with Gasteiger partial charge in [0.15, 0.2) is 0 Å². The average Bonchev–Trinajstić information content (AvgIpc) is 2.88. The van der Waals surface area contributed by atoms with Crippen molar-refractivity contribution in [2.45, 2.75) is 13.8 Å². The number of amides is 2. The smallest absolute Gasteiger partial charge is 0.251 e. The quantitative estimate of drug-likeness (QED) is 0.911. The minimum absolute atomic E-state index is 0.246. The van der Waals surface area contributed by atoms with Gasteiger partial charge in [0.1, 0.15) is 16.5 Å². The summed E-state index contributed by atoms with van der Waals surface area (Å²) in [6.07, 6.45) is 0. The van der Waals surface area contributed by atoms with E-state index in [9.17, 15) is 9.59 Å². The van der Waals surface area contributed by atoms with Gasteiger partial charge in [0.2, 0.25) is 5.91 Å². The predicted octanol–water partition coefficient (Wildman–Crippen LogP) is 2.86. The van der Waals surface area contributed by atoms with Gasteiger partial charge in [-0.3, -0.25) is 14.5 Å². The van der Waals surface area contributed by atoms with E-state index in [0.29, 0.717) is 27.8 Å². The van der Waals surface area contributed by atoms with Crippen LogP contribution in [0.15, 0.2) is 23.6 Å². The third-order valence-corrected chi connectivity index (χ3v) is 4.40. The van der Waals surface area contributed by atoms with E-state index in [-0.39, 0.29) is 5.91 Å². The molecule has 122 valence electrons. The van der Waals surface area contributed by atoms with E-state index in [1.165, 1.54) is 37.4 Å². The van der Waals surface area contributed by atoms with Crippen molar-refractivity contribution in [3.05, 3.63) is 34.7 Å². The van der Waals surface area contributed by atoms with Crippen LogP contribution < -0.4 is 20.1 Å². The van der Waals surface area contributed by atoms with E-state index in [1.807, 2.05) is 0 Å². The Kier molecular flexibility index (Phi) is 4.90. The van der Waals surface area contributed by atoms with Gasteiger partial charge in [0, 0.05) is 25.1 Å². The topological polar surface area (TPSA) is 81.9 Å². The first-order valence-electron chi connectivity index (χ1n) is 6.80. The van der Waals surface area contributed by atoms with Crippen LogP contribution >= 0.6 is 11.3 Å². The molecule has 0 saturated heterocycles.